The van der Waals surface area contributed by atoms with Gasteiger partial charge < -0.3 is 5.73 Å². The second kappa shape index (κ2) is 4.64. The largest absolute Gasteiger partial charge is 0.364 e. The van der Waals surface area contributed by atoms with Crippen LogP contribution in [0.3, 0.4) is 0 Å². The van der Waals surface area contributed by atoms with Gasteiger partial charge in [-0.3, -0.25) is 4.79 Å². The summed E-state index contributed by atoms with van der Waals surface area (Å²) in [5, 5.41) is 0. The number of nitrogens with two attached hydrogens (primary N) is 1. The van der Waals surface area contributed by atoms with Crippen molar-refractivity contribution < 1.29 is 13.6 Å². The molecule has 0 unspecified atom stereocenters. The zero-order valence-electron chi connectivity index (χ0n) is 6.60. The molecule has 0 saturated heterocycles. The van der Waals surface area contributed by atoms with Crippen molar-refractivity contribution in [3.8, 4) is 0 Å². The van der Waals surface area contributed by atoms with Crippen molar-refractivity contribution in [3.63, 3.8) is 0 Å². The standard InChI is InChI=1S/C7H4F2I2N2O/c8-6(9)3-1-2(10)4(11)5(13-3)7(12)14/h1,6H,(H2,12,14). The minimum Gasteiger partial charge on any atom is -0.364 e. The molecule has 0 radical (unpaired) electrons. The molecule has 3 nitrogen and oxygen atoms in total. The van der Waals surface area contributed by atoms with Crippen molar-refractivity contribution in [2.75, 3.05) is 0 Å². The second-order valence-electron chi connectivity index (χ2n) is 2.36. The minimum absolute atomic E-state index is 0.104. The zero-order valence-corrected chi connectivity index (χ0v) is 10.9. The third kappa shape index (κ3) is 2.49. The molecule has 1 aromatic rings. The van der Waals surface area contributed by atoms with E-state index in [-0.39, 0.29) is 5.69 Å². The van der Waals surface area contributed by atoms with Crippen molar-refractivity contribution in [2.45, 2.75) is 6.43 Å². The number of primary amides is 1. The highest BCUT2D eigenvalue weighted by molar-refractivity contribution is 14.1. The lowest BCUT2D eigenvalue weighted by molar-refractivity contribution is 0.0992. The van der Waals surface area contributed by atoms with E-state index >= 15 is 0 Å². The van der Waals surface area contributed by atoms with Crippen molar-refractivity contribution in [2.24, 2.45) is 5.73 Å². The molecule has 0 bridgehead atoms. The van der Waals surface area contributed by atoms with Gasteiger partial charge in [-0.25, -0.2) is 13.8 Å². The molecule has 14 heavy (non-hydrogen) atoms. The smallest absolute Gasteiger partial charge is 0.280 e. The van der Waals surface area contributed by atoms with Crippen LogP contribution in [-0.2, 0) is 0 Å². The molecule has 7 heteroatoms. The van der Waals surface area contributed by atoms with Gasteiger partial charge in [0.2, 0.25) is 0 Å². The summed E-state index contributed by atoms with van der Waals surface area (Å²) in [6, 6.07) is 1.24. The lowest BCUT2D eigenvalue weighted by atomic mass is 10.3. The highest BCUT2D eigenvalue weighted by Crippen LogP contribution is 2.24. The predicted molar refractivity (Wildman–Crippen MR) is 63.1 cm³/mol. The lowest BCUT2D eigenvalue weighted by Gasteiger charge is -2.05. The van der Waals surface area contributed by atoms with Crippen LogP contribution in [-0.4, -0.2) is 10.9 Å². The average molecular weight is 424 g/mol. The summed E-state index contributed by atoms with van der Waals surface area (Å²) < 4.78 is 25.6. The number of pyridine rings is 1. The van der Waals surface area contributed by atoms with Gasteiger partial charge in [-0.15, -0.1) is 0 Å². The molecular formula is C7H4F2I2N2O. The summed E-state index contributed by atoms with van der Waals surface area (Å²) in [6.45, 7) is 0. The molecule has 1 aromatic heterocycles. The first-order chi connectivity index (χ1) is 6.43. The van der Waals surface area contributed by atoms with Crippen molar-refractivity contribution in [3.05, 3.63) is 24.6 Å². The van der Waals surface area contributed by atoms with Crippen LogP contribution >= 0.6 is 45.2 Å². The highest BCUT2D eigenvalue weighted by Gasteiger charge is 2.17. The van der Waals surface area contributed by atoms with E-state index in [4.69, 9.17) is 5.73 Å². The van der Waals surface area contributed by atoms with Gasteiger partial charge in [0.25, 0.3) is 12.3 Å². The number of nitrogens with zero attached hydrogens (tertiary/aromatic N) is 1. The Morgan fingerprint density at radius 1 is 1.50 bits per heavy atom. The van der Waals surface area contributed by atoms with E-state index < -0.39 is 18.0 Å². The van der Waals surface area contributed by atoms with Crippen LogP contribution in [0, 0.1) is 7.14 Å². The molecule has 2 N–H and O–H groups in total. The number of amides is 1. The maximum atomic E-state index is 12.3. The van der Waals surface area contributed by atoms with Gasteiger partial charge in [-0.2, -0.15) is 0 Å². The van der Waals surface area contributed by atoms with Crippen molar-refractivity contribution >= 4 is 51.1 Å². The number of carbonyl (C=O) groups excluding carboxylic acids is 1. The number of carbonyl (C=O) groups is 1. The van der Waals surface area contributed by atoms with Crippen LogP contribution in [0.15, 0.2) is 6.07 Å². The summed E-state index contributed by atoms with van der Waals surface area (Å²) in [7, 11) is 0. The Labute approximate surface area is 106 Å². The first-order valence-electron chi connectivity index (χ1n) is 3.37. The summed E-state index contributed by atoms with van der Waals surface area (Å²) in [5.41, 5.74) is 4.47. The van der Waals surface area contributed by atoms with Crippen molar-refractivity contribution in [1.82, 2.24) is 4.98 Å². The Bertz CT molecular complexity index is 384. The zero-order chi connectivity index (χ0) is 10.9. The molecule has 0 spiro atoms. The molecule has 0 aliphatic rings. The first kappa shape index (κ1) is 12.0. The van der Waals surface area contributed by atoms with Gasteiger partial charge >= 0.3 is 0 Å². The molecule has 76 valence electrons. The monoisotopic (exact) mass is 424 g/mol. The fraction of sp³-hybridized carbons (Fsp3) is 0.143. The Hall–Kier alpha value is -0.0600. The third-order valence-electron chi connectivity index (χ3n) is 1.39. The van der Waals surface area contributed by atoms with E-state index in [1.165, 1.54) is 6.07 Å². The number of rotatable bonds is 2. The Morgan fingerprint density at radius 3 is 2.50 bits per heavy atom. The maximum absolute atomic E-state index is 12.3. The van der Waals surface area contributed by atoms with E-state index in [0.717, 1.165) is 0 Å². The predicted octanol–water partition coefficient (Wildman–Crippen LogP) is 2.33. The van der Waals surface area contributed by atoms with Crippen LogP contribution in [0.4, 0.5) is 8.78 Å². The van der Waals surface area contributed by atoms with Gasteiger partial charge in [0, 0.05) is 3.57 Å². The van der Waals surface area contributed by atoms with Gasteiger partial charge in [0.1, 0.15) is 11.4 Å². The Balaban J connectivity index is 3.35. The summed E-state index contributed by atoms with van der Waals surface area (Å²) in [6.07, 6.45) is -2.70. The van der Waals surface area contributed by atoms with E-state index in [1.54, 1.807) is 0 Å². The summed E-state index contributed by atoms with van der Waals surface area (Å²) in [4.78, 5) is 14.4. The first-order valence-corrected chi connectivity index (χ1v) is 5.53. The molecular weight excluding hydrogens is 420 g/mol. The number of hydrogen-bond donors (Lipinski definition) is 1. The molecule has 1 rings (SSSR count). The number of hydrogen-bond acceptors (Lipinski definition) is 2. The molecule has 1 heterocycles. The topological polar surface area (TPSA) is 56.0 Å². The van der Waals surface area contributed by atoms with Crippen LogP contribution in [0.2, 0.25) is 0 Å². The number of aromatic nitrogens is 1. The van der Waals surface area contributed by atoms with E-state index in [2.05, 4.69) is 4.98 Å². The Kier molecular flexibility index (Phi) is 3.98. The van der Waals surface area contributed by atoms with E-state index in [9.17, 15) is 13.6 Å². The normalized spacial score (nSPS) is 10.6. The SMILES string of the molecule is NC(=O)c1nc(C(F)F)cc(I)c1I. The van der Waals surface area contributed by atoms with Crippen LogP contribution in [0.25, 0.3) is 0 Å². The quantitative estimate of drug-likeness (QED) is 0.742. The van der Waals surface area contributed by atoms with Crippen molar-refractivity contribution in [1.29, 1.82) is 0 Å². The molecule has 0 aliphatic heterocycles. The van der Waals surface area contributed by atoms with Crippen LogP contribution in [0.1, 0.15) is 22.6 Å². The molecule has 0 saturated carbocycles. The lowest BCUT2D eigenvalue weighted by Crippen LogP contribution is -2.17. The summed E-state index contributed by atoms with van der Waals surface area (Å²) in [5.74, 6) is -0.796. The number of halogens is 4. The average Bonchev–Trinajstić information content (AvgIpc) is 2.08. The summed E-state index contributed by atoms with van der Waals surface area (Å²) >= 11 is 3.70. The molecule has 0 aromatic carbocycles. The van der Waals surface area contributed by atoms with E-state index in [0.29, 0.717) is 7.14 Å². The molecule has 1 amide bonds. The third-order valence-corrected chi connectivity index (χ3v) is 4.36. The van der Waals surface area contributed by atoms with E-state index in [1.807, 2.05) is 45.2 Å². The number of alkyl halides is 2. The second-order valence-corrected chi connectivity index (χ2v) is 4.60. The maximum Gasteiger partial charge on any atom is 0.280 e. The van der Waals surface area contributed by atoms with Gasteiger partial charge in [-0.1, -0.05) is 0 Å². The van der Waals surface area contributed by atoms with Gasteiger partial charge in [0.05, 0.1) is 3.57 Å². The minimum atomic E-state index is -2.70. The Morgan fingerprint density at radius 2 is 2.07 bits per heavy atom. The molecule has 0 aliphatic carbocycles. The van der Waals surface area contributed by atoms with Crippen LogP contribution in [0.5, 0.6) is 0 Å². The van der Waals surface area contributed by atoms with Crippen LogP contribution < -0.4 is 5.73 Å². The molecule has 0 atom stereocenters. The highest BCUT2D eigenvalue weighted by atomic mass is 127. The fourth-order valence-corrected chi connectivity index (χ4v) is 1.91. The molecule has 0 fully saturated rings. The van der Waals surface area contributed by atoms with Gasteiger partial charge in [0.15, 0.2) is 0 Å². The fourth-order valence-electron chi connectivity index (χ4n) is 0.792. The van der Waals surface area contributed by atoms with Gasteiger partial charge in [-0.05, 0) is 51.2 Å².